The Bertz CT molecular complexity index is 773. The van der Waals surface area contributed by atoms with Crippen molar-refractivity contribution < 1.29 is 33.3 Å². The van der Waals surface area contributed by atoms with E-state index in [1.54, 1.807) is 0 Å². The van der Waals surface area contributed by atoms with E-state index in [-0.39, 0.29) is 13.2 Å². The van der Waals surface area contributed by atoms with Crippen LogP contribution < -0.4 is 10.1 Å². The molecule has 2 atom stereocenters. The van der Waals surface area contributed by atoms with Crippen LogP contribution in [-0.2, 0) is 23.8 Å². The molecule has 0 saturated carbocycles. The summed E-state index contributed by atoms with van der Waals surface area (Å²) in [6.45, 7) is 13.8. The highest BCUT2D eigenvalue weighted by molar-refractivity contribution is 5.81. The van der Waals surface area contributed by atoms with Crippen LogP contribution in [0.25, 0.3) is 0 Å². The maximum absolute atomic E-state index is 12.1. The Hall–Kier alpha value is -3.29. The van der Waals surface area contributed by atoms with Crippen molar-refractivity contribution in [3.63, 3.8) is 0 Å². The monoisotopic (exact) mass is 419 g/mol. The van der Waals surface area contributed by atoms with E-state index in [4.69, 9.17) is 18.9 Å². The van der Waals surface area contributed by atoms with Crippen molar-refractivity contribution >= 4 is 18.0 Å². The molecule has 0 spiro atoms. The van der Waals surface area contributed by atoms with E-state index in [0.29, 0.717) is 11.7 Å². The second kappa shape index (κ2) is 12.3. The summed E-state index contributed by atoms with van der Waals surface area (Å²) in [5, 5.41) is 2.34. The van der Waals surface area contributed by atoms with Crippen molar-refractivity contribution in [1.29, 1.82) is 0 Å². The Balaban J connectivity index is 2.78. The summed E-state index contributed by atoms with van der Waals surface area (Å²) >= 11 is 0. The molecule has 0 aliphatic rings. The average Bonchev–Trinajstić information content (AvgIpc) is 2.69. The van der Waals surface area contributed by atoms with E-state index in [1.807, 2.05) is 25.1 Å². The minimum absolute atomic E-state index is 0.0545. The van der Waals surface area contributed by atoms with Crippen LogP contribution in [0.2, 0.25) is 0 Å². The number of esters is 2. The zero-order valence-electron chi connectivity index (χ0n) is 17.8. The third-order valence-electron chi connectivity index (χ3n) is 3.94. The highest BCUT2D eigenvalue weighted by Gasteiger charge is 2.20. The zero-order chi connectivity index (χ0) is 22.7. The molecule has 0 aliphatic carbocycles. The summed E-state index contributed by atoms with van der Waals surface area (Å²) in [6, 6.07) is 5.89. The van der Waals surface area contributed by atoms with Gasteiger partial charge in [0.15, 0.2) is 12.3 Å². The van der Waals surface area contributed by atoms with Gasteiger partial charge in [-0.2, -0.15) is 0 Å². The lowest BCUT2D eigenvalue weighted by Gasteiger charge is -2.21. The first-order chi connectivity index (χ1) is 14.2. The first-order valence-electron chi connectivity index (χ1n) is 9.49. The molecule has 0 bridgehead atoms. The highest BCUT2D eigenvalue weighted by atomic mass is 16.6. The molecular weight excluding hydrogens is 390 g/mol. The SMILES string of the molecule is C=CC(=O)OCC(COc1cc(C(C)C)ccc1C)OC(=O)NC(C)OC(=O)C=C. The summed E-state index contributed by atoms with van der Waals surface area (Å²) in [5.41, 5.74) is 2.01. The smallest absolute Gasteiger partial charge is 0.410 e. The second-order valence-electron chi connectivity index (χ2n) is 6.78. The van der Waals surface area contributed by atoms with E-state index in [2.05, 4.69) is 32.3 Å². The molecule has 1 aromatic carbocycles. The molecule has 8 heteroatoms. The molecule has 1 N–H and O–H groups in total. The van der Waals surface area contributed by atoms with Gasteiger partial charge in [0.2, 0.25) is 0 Å². The van der Waals surface area contributed by atoms with Crippen molar-refractivity contribution in [1.82, 2.24) is 5.32 Å². The van der Waals surface area contributed by atoms with Crippen LogP contribution in [0.5, 0.6) is 5.75 Å². The molecule has 0 aromatic heterocycles. The van der Waals surface area contributed by atoms with E-state index in [0.717, 1.165) is 23.3 Å². The van der Waals surface area contributed by atoms with Crippen LogP contribution in [0.4, 0.5) is 4.79 Å². The average molecular weight is 419 g/mol. The van der Waals surface area contributed by atoms with Crippen LogP contribution in [0.15, 0.2) is 43.5 Å². The molecule has 1 aromatic rings. The molecule has 164 valence electrons. The van der Waals surface area contributed by atoms with E-state index < -0.39 is 30.4 Å². The van der Waals surface area contributed by atoms with Crippen LogP contribution >= 0.6 is 0 Å². The number of amides is 1. The molecule has 1 rings (SSSR count). The van der Waals surface area contributed by atoms with Crippen molar-refractivity contribution in [2.45, 2.75) is 45.9 Å². The molecule has 0 radical (unpaired) electrons. The fourth-order valence-electron chi connectivity index (χ4n) is 2.27. The number of aryl methyl sites for hydroxylation is 1. The topological polar surface area (TPSA) is 100 Å². The van der Waals surface area contributed by atoms with E-state index >= 15 is 0 Å². The summed E-state index contributed by atoms with van der Waals surface area (Å²) in [6.07, 6.45) is -0.730. The number of benzene rings is 1. The Kier molecular flexibility index (Phi) is 10.2. The minimum atomic E-state index is -0.940. The lowest BCUT2D eigenvalue weighted by Crippen LogP contribution is -2.40. The van der Waals surface area contributed by atoms with Crippen LogP contribution in [-0.4, -0.2) is 43.6 Å². The Morgan fingerprint density at radius 1 is 1.03 bits per heavy atom. The number of ether oxygens (including phenoxy) is 4. The van der Waals surface area contributed by atoms with Gasteiger partial charge in [0.1, 0.15) is 19.0 Å². The first kappa shape index (κ1) is 24.7. The van der Waals surface area contributed by atoms with Gasteiger partial charge >= 0.3 is 18.0 Å². The number of hydrogen-bond donors (Lipinski definition) is 1. The minimum Gasteiger partial charge on any atom is -0.489 e. The van der Waals surface area contributed by atoms with Gasteiger partial charge in [0, 0.05) is 12.2 Å². The quantitative estimate of drug-likeness (QED) is 0.254. The molecule has 0 saturated heterocycles. The third-order valence-corrected chi connectivity index (χ3v) is 3.94. The summed E-state index contributed by atoms with van der Waals surface area (Å²) in [4.78, 5) is 34.7. The summed E-state index contributed by atoms with van der Waals surface area (Å²) in [5.74, 6) is -0.393. The fraction of sp³-hybridized carbons (Fsp3) is 0.409. The maximum atomic E-state index is 12.1. The van der Waals surface area contributed by atoms with Gasteiger partial charge in [-0.3, -0.25) is 5.32 Å². The van der Waals surface area contributed by atoms with E-state index in [9.17, 15) is 14.4 Å². The highest BCUT2D eigenvalue weighted by Crippen LogP contribution is 2.24. The molecule has 8 nitrogen and oxygen atoms in total. The van der Waals surface area contributed by atoms with Crippen molar-refractivity contribution in [3.05, 3.63) is 54.6 Å². The Labute approximate surface area is 176 Å². The van der Waals surface area contributed by atoms with E-state index in [1.165, 1.54) is 6.92 Å². The molecule has 1 amide bonds. The third kappa shape index (κ3) is 8.81. The maximum Gasteiger partial charge on any atom is 0.410 e. The summed E-state index contributed by atoms with van der Waals surface area (Å²) < 4.78 is 20.9. The molecule has 2 unspecified atom stereocenters. The van der Waals surface area contributed by atoms with Crippen molar-refractivity contribution in [2.24, 2.45) is 0 Å². The summed E-state index contributed by atoms with van der Waals surface area (Å²) in [7, 11) is 0. The largest absolute Gasteiger partial charge is 0.489 e. The number of nitrogens with one attached hydrogen (secondary N) is 1. The number of carbonyl (C=O) groups is 3. The van der Waals surface area contributed by atoms with Gasteiger partial charge < -0.3 is 18.9 Å². The van der Waals surface area contributed by atoms with Crippen LogP contribution in [0, 0.1) is 6.92 Å². The van der Waals surface area contributed by atoms with Gasteiger partial charge in [0.05, 0.1) is 0 Å². The van der Waals surface area contributed by atoms with Gasteiger partial charge in [-0.1, -0.05) is 39.1 Å². The zero-order valence-corrected chi connectivity index (χ0v) is 17.8. The molecule has 30 heavy (non-hydrogen) atoms. The predicted molar refractivity (Wildman–Crippen MR) is 111 cm³/mol. The van der Waals surface area contributed by atoms with Crippen LogP contribution in [0.3, 0.4) is 0 Å². The second-order valence-corrected chi connectivity index (χ2v) is 6.78. The lowest BCUT2D eigenvalue weighted by atomic mass is 10.0. The normalized spacial score (nSPS) is 12.3. The molecular formula is C22H29NO7. The van der Waals surface area contributed by atoms with Crippen molar-refractivity contribution in [2.75, 3.05) is 13.2 Å². The molecule has 0 aliphatic heterocycles. The Morgan fingerprint density at radius 2 is 1.70 bits per heavy atom. The fourth-order valence-corrected chi connectivity index (χ4v) is 2.27. The number of rotatable bonds is 11. The lowest BCUT2D eigenvalue weighted by molar-refractivity contribution is -0.144. The van der Waals surface area contributed by atoms with Crippen molar-refractivity contribution in [3.8, 4) is 5.75 Å². The van der Waals surface area contributed by atoms with Gasteiger partial charge in [0.25, 0.3) is 0 Å². The number of carbonyl (C=O) groups excluding carboxylic acids is 3. The van der Waals surface area contributed by atoms with Crippen LogP contribution in [0.1, 0.15) is 37.8 Å². The Morgan fingerprint density at radius 3 is 2.30 bits per heavy atom. The van der Waals surface area contributed by atoms with Gasteiger partial charge in [-0.05, 0) is 37.0 Å². The van der Waals surface area contributed by atoms with Gasteiger partial charge in [-0.25, -0.2) is 14.4 Å². The standard InChI is InChI=1S/C22H29NO7/c1-7-20(24)28-13-18(30-22(26)23-16(6)29-21(25)8-2)12-27-19-11-17(14(3)4)10-9-15(19)5/h7-11,14,16,18H,1-2,12-13H2,3-6H3,(H,23,26). The first-order valence-corrected chi connectivity index (χ1v) is 9.49. The molecule has 0 fully saturated rings. The predicted octanol–water partition coefficient (Wildman–Crippen LogP) is 3.40. The molecule has 0 heterocycles. The van der Waals surface area contributed by atoms with Gasteiger partial charge in [-0.15, -0.1) is 0 Å². The number of hydrogen-bond acceptors (Lipinski definition) is 7. The number of alkyl carbamates (subject to hydrolysis) is 1.